The third-order valence-electron chi connectivity index (χ3n) is 4.32. The summed E-state index contributed by atoms with van der Waals surface area (Å²) in [6.07, 6.45) is 2.96. The number of benzene rings is 1. The Bertz CT molecular complexity index is 635. The molecule has 122 valence electrons. The highest BCUT2D eigenvalue weighted by atomic mass is 16.5. The molecule has 0 spiro atoms. The van der Waals surface area contributed by atoms with Crippen LogP contribution in [0.2, 0.25) is 0 Å². The lowest BCUT2D eigenvalue weighted by atomic mass is 10.0. The fourth-order valence-corrected chi connectivity index (χ4v) is 2.77. The fraction of sp³-hybridized carbons (Fsp3) is 0.471. The van der Waals surface area contributed by atoms with Gasteiger partial charge in [-0.3, -0.25) is 9.59 Å². The van der Waals surface area contributed by atoms with Gasteiger partial charge in [0.2, 0.25) is 5.91 Å². The summed E-state index contributed by atoms with van der Waals surface area (Å²) in [6, 6.07) is 7.77. The average molecular weight is 315 g/mol. The molecule has 1 saturated carbocycles. The SMILES string of the molecule is COc1ccc(C(NC(=O)C2=NN(C)C(=O)CC2)C2CC2)cc1. The Hall–Kier alpha value is -2.37. The van der Waals surface area contributed by atoms with Crippen LogP contribution in [0.4, 0.5) is 0 Å². The molecule has 0 aromatic heterocycles. The Labute approximate surface area is 135 Å². The Morgan fingerprint density at radius 3 is 2.57 bits per heavy atom. The summed E-state index contributed by atoms with van der Waals surface area (Å²) in [5, 5.41) is 8.42. The van der Waals surface area contributed by atoms with Crippen molar-refractivity contribution in [1.29, 1.82) is 0 Å². The van der Waals surface area contributed by atoms with Crippen LogP contribution in [-0.2, 0) is 9.59 Å². The number of rotatable bonds is 5. The molecule has 1 N–H and O–H groups in total. The van der Waals surface area contributed by atoms with Gasteiger partial charge in [0.15, 0.2) is 0 Å². The molecular weight excluding hydrogens is 294 g/mol. The van der Waals surface area contributed by atoms with Gasteiger partial charge in [-0.2, -0.15) is 5.10 Å². The van der Waals surface area contributed by atoms with Crippen LogP contribution in [0.25, 0.3) is 0 Å². The zero-order valence-corrected chi connectivity index (χ0v) is 13.4. The zero-order chi connectivity index (χ0) is 16.4. The number of carbonyl (C=O) groups is 2. The number of ether oxygens (including phenoxy) is 1. The molecule has 0 bridgehead atoms. The number of carbonyl (C=O) groups excluding carboxylic acids is 2. The molecular formula is C17H21N3O3. The van der Waals surface area contributed by atoms with Crippen molar-refractivity contribution < 1.29 is 14.3 Å². The average Bonchev–Trinajstić information content (AvgIpc) is 3.40. The molecule has 1 unspecified atom stereocenters. The maximum Gasteiger partial charge on any atom is 0.267 e. The Morgan fingerprint density at radius 2 is 2.00 bits per heavy atom. The van der Waals surface area contributed by atoms with Crippen LogP contribution >= 0.6 is 0 Å². The second-order valence-electron chi connectivity index (χ2n) is 6.03. The van der Waals surface area contributed by atoms with Crippen LogP contribution in [0.5, 0.6) is 5.75 Å². The first-order chi connectivity index (χ1) is 11.1. The number of amides is 2. The van der Waals surface area contributed by atoms with Gasteiger partial charge < -0.3 is 10.1 Å². The Morgan fingerprint density at radius 1 is 1.30 bits per heavy atom. The molecule has 1 aliphatic carbocycles. The number of methoxy groups -OCH3 is 1. The summed E-state index contributed by atoms with van der Waals surface area (Å²) in [5.74, 6) is 1.02. The maximum atomic E-state index is 12.5. The minimum absolute atomic E-state index is 0.0148. The lowest BCUT2D eigenvalue weighted by Gasteiger charge is -2.22. The lowest BCUT2D eigenvalue weighted by molar-refractivity contribution is -0.130. The maximum absolute atomic E-state index is 12.5. The predicted molar refractivity (Wildman–Crippen MR) is 86.0 cm³/mol. The molecule has 6 nitrogen and oxygen atoms in total. The van der Waals surface area contributed by atoms with Crippen LogP contribution in [-0.4, -0.2) is 36.7 Å². The first-order valence-corrected chi connectivity index (χ1v) is 7.87. The molecule has 2 aliphatic rings. The van der Waals surface area contributed by atoms with Crippen molar-refractivity contribution in [3.05, 3.63) is 29.8 Å². The summed E-state index contributed by atoms with van der Waals surface area (Å²) in [4.78, 5) is 23.9. The fourth-order valence-electron chi connectivity index (χ4n) is 2.77. The van der Waals surface area contributed by atoms with E-state index >= 15 is 0 Å². The first kappa shape index (κ1) is 15.5. The summed E-state index contributed by atoms with van der Waals surface area (Å²) >= 11 is 0. The topological polar surface area (TPSA) is 71.0 Å². The summed E-state index contributed by atoms with van der Waals surface area (Å²) < 4.78 is 5.18. The molecule has 1 aliphatic heterocycles. The van der Waals surface area contributed by atoms with Crippen molar-refractivity contribution in [2.45, 2.75) is 31.7 Å². The Kier molecular flexibility index (Phi) is 4.32. The van der Waals surface area contributed by atoms with E-state index in [2.05, 4.69) is 10.4 Å². The van der Waals surface area contributed by atoms with E-state index < -0.39 is 0 Å². The van der Waals surface area contributed by atoms with E-state index in [-0.39, 0.29) is 17.9 Å². The van der Waals surface area contributed by atoms with Crippen LogP contribution in [0.1, 0.15) is 37.3 Å². The molecule has 23 heavy (non-hydrogen) atoms. The third-order valence-corrected chi connectivity index (χ3v) is 4.32. The van der Waals surface area contributed by atoms with Crippen molar-refractivity contribution in [3.8, 4) is 5.75 Å². The quantitative estimate of drug-likeness (QED) is 0.901. The number of hydrogen-bond acceptors (Lipinski definition) is 4. The Balaban J connectivity index is 1.73. The molecule has 1 atom stereocenters. The number of nitrogens with zero attached hydrogens (tertiary/aromatic N) is 2. The molecule has 6 heteroatoms. The highest BCUT2D eigenvalue weighted by molar-refractivity contribution is 6.39. The normalized spacial score (nSPS) is 19.1. The van der Waals surface area contributed by atoms with Crippen molar-refractivity contribution >= 4 is 17.5 Å². The van der Waals surface area contributed by atoms with E-state index in [4.69, 9.17) is 4.74 Å². The monoisotopic (exact) mass is 315 g/mol. The number of hydrazone groups is 1. The van der Waals surface area contributed by atoms with Gasteiger partial charge in [-0.25, -0.2) is 5.01 Å². The van der Waals surface area contributed by atoms with E-state index in [9.17, 15) is 9.59 Å². The molecule has 0 radical (unpaired) electrons. The van der Waals surface area contributed by atoms with Crippen LogP contribution in [0.15, 0.2) is 29.4 Å². The van der Waals surface area contributed by atoms with Crippen LogP contribution in [0.3, 0.4) is 0 Å². The lowest BCUT2D eigenvalue weighted by Crippen LogP contribution is -2.39. The van der Waals surface area contributed by atoms with Gasteiger partial charge >= 0.3 is 0 Å². The van der Waals surface area contributed by atoms with Crippen molar-refractivity contribution in [2.24, 2.45) is 11.0 Å². The number of hydrogen-bond donors (Lipinski definition) is 1. The summed E-state index contributed by atoms with van der Waals surface area (Å²) in [7, 11) is 3.21. The van der Waals surface area contributed by atoms with Crippen LogP contribution in [0, 0.1) is 5.92 Å². The molecule has 1 heterocycles. The van der Waals surface area contributed by atoms with Gasteiger partial charge in [-0.1, -0.05) is 12.1 Å². The molecule has 1 aromatic rings. The summed E-state index contributed by atoms with van der Waals surface area (Å²) in [5.41, 5.74) is 1.49. The minimum atomic E-state index is -0.183. The third kappa shape index (κ3) is 3.52. The molecule has 3 rings (SSSR count). The van der Waals surface area contributed by atoms with E-state index in [0.29, 0.717) is 24.5 Å². The van der Waals surface area contributed by atoms with Gasteiger partial charge in [-0.15, -0.1) is 0 Å². The highest BCUT2D eigenvalue weighted by Crippen LogP contribution is 2.41. The van der Waals surface area contributed by atoms with E-state index in [1.807, 2.05) is 24.3 Å². The predicted octanol–water partition coefficient (Wildman–Crippen LogP) is 1.87. The second kappa shape index (κ2) is 6.40. The molecule has 1 aromatic carbocycles. The molecule has 2 amide bonds. The van der Waals surface area contributed by atoms with E-state index in [1.165, 1.54) is 5.01 Å². The van der Waals surface area contributed by atoms with Crippen molar-refractivity contribution in [1.82, 2.24) is 10.3 Å². The van der Waals surface area contributed by atoms with Gasteiger partial charge in [0, 0.05) is 19.9 Å². The highest BCUT2D eigenvalue weighted by Gasteiger charge is 2.34. The zero-order valence-electron chi connectivity index (χ0n) is 13.4. The van der Waals surface area contributed by atoms with Gasteiger partial charge in [-0.05, 0) is 36.5 Å². The minimum Gasteiger partial charge on any atom is -0.497 e. The first-order valence-electron chi connectivity index (χ1n) is 7.87. The van der Waals surface area contributed by atoms with E-state index in [0.717, 1.165) is 24.2 Å². The van der Waals surface area contributed by atoms with Gasteiger partial charge in [0.05, 0.1) is 13.2 Å². The summed E-state index contributed by atoms with van der Waals surface area (Å²) in [6.45, 7) is 0. The van der Waals surface area contributed by atoms with Crippen molar-refractivity contribution in [3.63, 3.8) is 0 Å². The van der Waals surface area contributed by atoms with Crippen LogP contribution < -0.4 is 10.1 Å². The largest absolute Gasteiger partial charge is 0.497 e. The smallest absolute Gasteiger partial charge is 0.267 e. The van der Waals surface area contributed by atoms with E-state index in [1.54, 1.807) is 14.2 Å². The molecule has 1 fully saturated rings. The van der Waals surface area contributed by atoms with Crippen molar-refractivity contribution in [2.75, 3.05) is 14.2 Å². The second-order valence-corrected chi connectivity index (χ2v) is 6.03. The van der Waals surface area contributed by atoms with Gasteiger partial charge in [0.1, 0.15) is 11.5 Å². The molecule has 0 saturated heterocycles. The number of nitrogens with one attached hydrogen (secondary N) is 1. The van der Waals surface area contributed by atoms with Gasteiger partial charge in [0.25, 0.3) is 5.91 Å². The standard InChI is InChI=1S/C17H21N3O3/c1-20-15(21)10-9-14(19-20)17(22)18-16(11-3-4-11)12-5-7-13(23-2)8-6-12/h5-8,11,16H,3-4,9-10H2,1-2H3,(H,18,22).